The molecule has 40 heavy (non-hydrogen) atoms. The minimum absolute atomic E-state index is 0.111. The van der Waals surface area contributed by atoms with Crippen LogP contribution < -0.4 is 5.32 Å². The van der Waals surface area contributed by atoms with E-state index in [1.807, 2.05) is 31.2 Å². The van der Waals surface area contributed by atoms with Crippen LogP contribution in [0.25, 0.3) is 11.5 Å². The number of nitrogens with one attached hydrogen (secondary N) is 1. The highest BCUT2D eigenvalue weighted by atomic mass is 35.5. The van der Waals surface area contributed by atoms with E-state index in [0.717, 1.165) is 99.5 Å². The van der Waals surface area contributed by atoms with Crippen LogP contribution in [-0.2, 0) is 17.8 Å². The lowest BCUT2D eigenvalue weighted by molar-refractivity contribution is -0.126. The fourth-order valence-corrected chi connectivity index (χ4v) is 6.32. The fourth-order valence-electron chi connectivity index (χ4n) is 6.11. The Labute approximate surface area is 244 Å². The van der Waals surface area contributed by atoms with E-state index in [1.54, 1.807) is 0 Å². The maximum absolute atomic E-state index is 12.8. The molecule has 2 fully saturated rings. The molecule has 2 aliphatic heterocycles. The lowest BCUT2D eigenvalue weighted by atomic mass is 9.90. The van der Waals surface area contributed by atoms with Crippen LogP contribution in [0.3, 0.4) is 0 Å². The van der Waals surface area contributed by atoms with Crippen LogP contribution in [0.4, 0.5) is 0 Å². The van der Waals surface area contributed by atoms with E-state index in [4.69, 9.17) is 21.0 Å². The van der Waals surface area contributed by atoms with Gasteiger partial charge in [-0.25, -0.2) is 4.98 Å². The summed E-state index contributed by atoms with van der Waals surface area (Å²) in [5.74, 6) is 2.64. The number of carbonyl (C=O) groups is 1. The first-order valence-electron chi connectivity index (χ1n) is 14.9. The Morgan fingerprint density at radius 1 is 1.00 bits per heavy atom. The van der Waals surface area contributed by atoms with Crippen LogP contribution in [0.2, 0.25) is 5.02 Å². The number of oxazole rings is 1. The third-order valence-corrected chi connectivity index (χ3v) is 8.80. The first kappa shape index (κ1) is 28.8. The number of rotatable bonds is 10. The van der Waals surface area contributed by atoms with Gasteiger partial charge < -0.3 is 14.6 Å². The summed E-state index contributed by atoms with van der Waals surface area (Å²) < 4.78 is 5.98. The van der Waals surface area contributed by atoms with Crippen LogP contribution in [-0.4, -0.2) is 60.0 Å². The van der Waals surface area contributed by atoms with E-state index in [0.29, 0.717) is 5.89 Å². The molecule has 7 heteroatoms. The third kappa shape index (κ3) is 7.96. The van der Waals surface area contributed by atoms with Crippen molar-refractivity contribution in [1.82, 2.24) is 20.1 Å². The summed E-state index contributed by atoms with van der Waals surface area (Å²) in [5.41, 5.74) is 4.55. The van der Waals surface area contributed by atoms with E-state index >= 15 is 0 Å². The molecule has 2 aliphatic rings. The van der Waals surface area contributed by atoms with Crippen molar-refractivity contribution < 1.29 is 9.21 Å². The largest absolute Gasteiger partial charge is 0.441 e. The van der Waals surface area contributed by atoms with Gasteiger partial charge in [0.15, 0.2) is 0 Å². The molecule has 0 spiro atoms. The SMILES string of the molecule is Cc1cccc(-c2nc(CN3CCC(C(=O)NCCCN4CCC(Cc5cccc(Cl)c5)CC4)CC3)c(C)o2)c1. The number of aryl methyl sites for hydroxylation is 2. The highest BCUT2D eigenvalue weighted by molar-refractivity contribution is 6.30. The zero-order valence-electron chi connectivity index (χ0n) is 24.0. The number of aromatic nitrogens is 1. The van der Waals surface area contributed by atoms with Gasteiger partial charge in [-0.05, 0) is 121 Å². The molecule has 1 aromatic heterocycles. The van der Waals surface area contributed by atoms with Gasteiger partial charge in [-0.15, -0.1) is 0 Å². The zero-order chi connectivity index (χ0) is 27.9. The third-order valence-electron chi connectivity index (χ3n) is 8.56. The molecule has 3 aromatic rings. The van der Waals surface area contributed by atoms with Gasteiger partial charge >= 0.3 is 0 Å². The van der Waals surface area contributed by atoms with Crippen LogP contribution in [0.15, 0.2) is 52.9 Å². The van der Waals surface area contributed by atoms with E-state index in [-0.39, 0.29) is 11.8 Å². The predicted molar refractivity (Wildman–Crippen MR) is 161 cm³/mol. The maximum atomic E-state index is 12.8. The predicted octanol–water partition coefficient (Wildman–Crippen LogP) is 6.28. The lowest BCUT2D eigenvalue weighted by Gasteiger charge is -2.32. The topological polar surface area (TPSA) is 61.6 Å². The average Bonchev–Trinajstić information content (AvgIpc) is 3.32. The number of nitrogens with zero attached hydrogens (tertiary/aromatic N) is 3. The highest BCUT2D eigenvalue weighted by Gasteiger charge is 2.26. The number of carbonyl (C=O) groups excluding carboxylic acids is 1. The Morgan fingerprint density at radius 3 is 2.50 bits per heavy atom. The molecule has 0 aliphatic carbocycles. The molecule has 0 unspecified atom stereocenters. The van der Waals surface area contributed by atoms with E-state index in [2.05, 4.69) is 46.3 Å². The van der Waals surface area contributed by atoms with Gasteiger partial charge in [0.05, 0.1) is 5.69 Å². The van der Waals surface area contributed by atoms with Crippen molar-refractivity contribution in [2.24, 2.45) is 11.8 Å². The molecule has 3 heterocycles. The van der Waals surface area contributed by atoms with Crippen LogP contribution in [0, 0.1) is 25.7 Å². The molecule has 2 aromatic carbocycles. The second-order valence-electron chi connectivity index (χ2n) is 11.7. The van der Waals surface area contributed by atoms with Gasteiger partial charge in [0, 0.05) is 29.6 Å². The minimum Gasteiger partial charge on any atom is -0.441 e. The number of piperidine rings is 2. The average molecular weight is 563 g/mol. The maximum Gasteiger partial charge on any atom is 0.226 e. The highest BCUT2D eigenvalue weighted by Crippen LogP contribution is 2.26. The lowest BCUT2D eigenvalue weighted by Crippen LogP contribution is -2.41. The fraction of sp³-hybridized carbons (Fsp3) is 0.515. The van der Waals surface area contributed by atoms with Crippen molar-refractivity contribution in [2.45, 2.75) is 58.9 Å². The van der Waals surface area contributed by atoms with Crippen molar-refractivity contribution in [3.8, 4) is 11.5 Å². The van der Waals surface area contributed by atoms with Gasteiger partial charge in [0.2, 0.25) is 11.8 Å². The standard InChI is InChI=1S/C33H43ClN4O2/c1-24-6-3-8-29(20-24)33-36-31(25(2)40-33)23-38-18-12-28(13-19-38)32(39)35-14-5-15-37-16-10-26(11-17-37)21-27-7-4-9-30(34)22-27/h3-4,6-9,20,22,26,28H,5,10-19,21,23H2,1-2H3,(H,35,39). The molecule has 214 valence electrons. The van der Waals surface area contributed by atoms with E-state index in [9.17, 15) is 4.79 Å². The minimum atomic E-state index is 0.111. The second kappa shape index (κ2) is 13.8. The summed E-state index contributed by atoms with van der Waals surface area (Å²) in [5, 5.41) is 4.04. The number of halogens is 1. The van der Waals surface area contributed by atoms with Crippen LogP contribution in [0.5, 0.6) is 0 Å². The molecule has 1 amide bonds. The summed E-state index contributed by atoms with van der Waals surface area (Å²) in [6.07, 6.45) is 6.40. The first-order valence-corrected chi connectivity index (χ1v) is 15.3. The summed E-state index contributed by atoms with van der Waals surface area (Å²) in [7, 11) is 0. The Hall–Kier alpha value is -2.67. The zero-order valence-corrected chi connectivity index (χ0v) is 24.8. The van der Waals surface area contributed by atoms with Crippen molar-refractivity contribution in [1.29, 1.82) is 0 Å². The summed E-state index contributed by atoms with van der Waals surface area (Å²) in [4.78, 5) is 22.5. The number of likely N-dealkylation sites (tertiary alicyclic amines) is 2. The van der Waals surface area contributed by atoms with Gasteiger partial charge in [-0.1, -0.05) is 41.4 Å². The van der Waals surface area contributed by atoms with Gasteiger partial charge in [0.1, 0.15) is 5.76 Å². The van der Waals surface area contributed by atoms with Gasteiger partial charge in [0.25, 0.3) is 0 Å². The molecule has 2 saturated heterocycles. The number of hydrogen-bond donors (Lipinski definition) is 1. The van der Waals surface area contributed by atoms with Crippen LogP contribution >= 0.6 is 11.6 Å². The van der Waals surface area contributed by atoms with Crippen molar-refractivity contribution in [2.75, 3.05) is 39.3 Å². The quantitative estimate of drug-likeness (QED) is 0.294. The smallest absolute Gasteiger partial charge is 0.226 e. The second-order valence-corrected chi connectivity index (χ2v) is 12.1. The first-order chi connectivity index (χ1) is 19.4. The number of hydrogen-bond acceptors (Lipinski definition) is 5. The van der Waals surface area contributed by atoms with Gasteiger partial charge in [-0.2, -0.15) is 0 Å². The summed E-state index contributed by atoms with van der Waals surface area (Å²) >= 11 is 6.15. The number of benzene rings is 2. The molecule has 0 bridgehead atoms. The van der Waals surface area contributed by atoms with Crippen molar-refractivity contribution in [3.63, 3.8) is 0 Å². The Balaban J connectivity index is 0.965. The number of amides is 1. The Bertz CT molecular complexity index is 1260. The van der Waals surface area contributed by atoms with Gasteiger partial charge in [-0.3, -0.25) is 9.69 Å². The molecule has 0 atom stereocenters. The molecular formula is C33H43ClN4O2. The molecule has 5 rings (SSSR count). The summed E-state index contributed by atoms with van der Waals surface area (Å²) in [6.45, 7) is 10.8. The monoisotopic (exact) mass is 562 g/mol. The van der Waals surface area contributed by atoms with Crippen LogP contribution in [0.1, 0.15) is 54.7 Å². The molecule has 6 nitrogen and oxygen atoms in total. The van der Waals surface area contributed by atoms with E-state index in [1.165, 1.54) is 24.0 Å². The normalized spacial score (nSPS) is 17.8. The Kier molecular flexibility index (Phi) is 9.95. The van der Waals surface area contributed by atoms with E-state index < -0.39 is 0 Å². The Morgan fingerprint density at radius 2 is 1.75 bits per heavy atom. The molecular weight excluding hydrogens is 520 g/mol. The molecule has 1 N–H and O–H groups in total. The van der Waals surface area contributed by atoms with Crippen molar-refractivity contribution in [3.05, 3.63) is 76.1 Å². The summed E-state index contributed by atoms with van der Waals surface area (Å²) in [6, 6.07) is 16.5. The molecule has 0 radical (unpaired) electrons. The van der Waals surface area contributed by atoms with Crippen molar-refractivity contribution >= 4 is 17.5 Å². The molecule has 0 saturated carbocycles.